The third kappa shape index (κ3) is 5.08. The first-order valence-corrected chi connectivity index (χ1v) is 11.9. The Hall–Kier alpha value is -5.05. The number of nitrogens with one attached hydrogen (secondary N) is 2. The summed E-state index contributed by atoms with van der Waals surface area (Å²) in [6.07, 6.45) is 0.497. The number of phenolic OH excluding ortho intramolecular Hbond substituents is 1. The topological polar surface area (TPSA) is 145 Å². The Bertz CT molecular complexity index is 1710. The van der Waals surface area contributed by atoms with E-state index in [1.54, 1.807) is 24.4 Å². The third-order valence-corrected chi connectivity index (χ3v) is 6.26. The molecular formula is C29H23N2O7-. The number of hydrogen-bond donors (Lipinski definition) is 3. The summed E-state index contributed by atoms with van der Waals surface area (Å²) in [5, 5.41) is 25.4. The monoisotopic (exact) mass is 511 g/mol. The Balaban J connectivity index is 1.32. The van der Waals surface area contributed by atoms with Gasteiger partial charge in [-0.05, 0) is 53.9 Å². The number of amides is 1. The van der Waals surface area contributed by atoms with Gasteiger partial charge >= 0.3 is 5.63 Å². The minimum Gasteiger partial charge on any atom is -0.548 e. The normalized spacial score (nSPS) is 12.8. The van der Waals surface area contributed by atoms with Crippen molar-refractivity contribution in [2.75, 3.05) is 0 Å². The fourth-order valence-electron chi connectivity index (χ4n) is 4.37. The average molecular weight is 512 g/mol. The number of carboxylic acid groups (broad SMARTS) is 1. The van der Waals surface area contributed by atoms with E-state index >= 15 is 0 Å². The van der Waals surface area contributed by atoms with Crippen molar-refractivity contribution < 1.29 is 29.0 Å². The van der Waals surface area contributed by atoms with Crippen molar-refractivity contribution in [1.82, 2.24) is 10.3 Å². The van der Waals surface area contributed by atoms with Gasteiger partial charge in [0.05, 0.1) is 12.0 Å². The number of ether oxygens (including phenoxy) is 1. The molecule has 2 heterocycles. The highest BCUT2D eigenvalue weighted by molar-refractivity contribution is 5.94. The van der Waals surface area contributed by atoms with Crippen molar-refractivity contribution in [3.63, 3.8) is 0 Å². The van der Waals surface area contributed by atoms with Gasteiger partial charge in [0.2, 0.25) is 0 Å². The number of aliphatic carboxylic acids is 1. The number of phenols is 1. The molecule has 0 spiro atoms. The number of aromatic nitrogens is 1. The fourth-order valence-corrected chi connectivity index (χ4v) is 4.37. The standard InChI is InChI=1S/C29H24N2O7/c1-16(28(34)31-25(29(35)36)11-18-15-30-24-10-7-19(32)12-23(18)24)37-20-8-9-21-22(17-5-3-2-4-6-17)14-27(33)38-26(21)13-20/h2-10,12-16,25,30,32H,11H2,1H3,(H,31,34)(H,35,36)/p-1/t16-,25-/m0/s1. The summed E-state index contributed by atoms with van der Waals surface area (Å²) in [5.41, 5.74) is 2.63. The lowest BCUT2D eigenvalue weighted by Crippen LogP contribution is -2.52. The number of carbonyl (C=O) groups is 2. The highest BCUT2D eigenvalue weighted by atomic mass is 16.5. The Morgan fingerprint density at radius 1 is 1.05 bits per heavy atom. The summed E-state index contributed by atoms with van der Waals surface area (Å²) in [6.45, 7) is 1.48. The van der Waals surface area contributed by atoms with E-state index in [4.69, 9.17) is 9.15 Å². The molecule has 3 aromatic carbocycles. The van der Waals surface area contributed by atoms with Crippen LogP contribution in [0.3, 0.4) is 0 Å². The summed E-state index contributed by atoms with van der Waals surface area (Å²) in [4.78, 5) is 39.8. The lowest BCUT2D eigenvalue weighted by Gasteiger charge is -2.22. The van der Waals surface area contributed by atoms with Crippen LogP contribution >= 0.6 is 0 Å². The van der Waals surface area contributed by atoms with E-state index in [-0.39, 0.29) is 23.5 Å². The molecule has 9 nitrogen and oxygen atoms in total. The summed E-state index contributed by atoms with van der Waals surface area (Å²) in [7, 11) is 0. The zero-order valence-electron chi connectivity index (χ0n) is 20.3. The van der Waals surface area contributed by atoms with Gasteiger partial charge in [0.25, 0.3) is 5.91 Å². The molecule has 9 heteroatoms. The van der Waals surface area contributed by atoms with Crippen LogP contribution in [0.5, 0.6) is 11.5 Å². The SMILES string of the molecule is C[C@H](Oc1ccc2c(-c3ccccc3)cc(=O)oc2c1)C(=O)N[C@@H](Cc1c[nH]c2ccc(O)cc12)C(=O)[O-]. The number of benzene rings is 3. The quantitative estimate of drug-likeness (QED) is 0.272. The van der Waals surface area contributed by atoms with Gasteiger partial charge in [-0.1, -0.05) is 30.3 Å². The van der Waals surface area contributed by atoms with Crippen molar-refractivity contribution in [3.05, 3.63) is 95.0 Å². The summed E-state index contributed by atoms with van der Waals surface area (Å²) in [5.74, 6) is -1.82. The Morgan fingerprint density at radius 2 is 1.84 bits per heavy atom. The van der Waals surface area contributed by atoms with Crippen LogP contribution < -0.4 is 20.8 Å². The molecule has 0 fully saturated rings. The molecule has 0 aliphatic rings. The minimum atomic E-state index is -1.46. The van der Waals surface area contributed by atoms with E-state index in [1.807, 2.05) is 30.3 Å². The Kier molecular flexibility index (Phi) is 6.57. The number of aromatic hydroxyl groups is 1. The predicted octanol–water partition coefficient (Wildman–Crippen LogP) is 2.89. The van der Waals surface area contributed by atoms with Gasteiger partial charge < -0.3 is 34.5 Å². The molecule has 0 aliphatic carbocycles. The molecule has 3 N–H and O–H groups in total. The van der Waals surface area contributed by atoms with Crippen LogP contribution in [0.25, 0.3) is 33.0 Å². The first-order chi connectivity index (χ1) is 18.3. The lowest BCUT2D eigenvalue weighted by atomic mass is 10.0. The van der Waals surface area contributed by atoms with E-state index in [2.05, 4.69) is 10.3 Å². The van der Waals surface area contributed by atoms with Crippen molar-refractivity contribution in [2.45, 2.75) is 25.5 Å². The average Bonchev–Trinajstić information content (AvgIpc) is 3.29. The molecular weight excluding hydrogens is 488 g/mol. The maximum atomic E-state index is 12.8. The van der Waals surface area contributed by atoms with Crippen LogP contribution in [-0.2, 0) is 16.0 Å². The summed E-state index contributed by atoms with van der Waals surface area (Å²) < 4.78 is 11.1. The number of H-pyrrole nitrogens is 1. The zero-order chi connectivity index (χ0) is 26.8. The van der Waals surface area contributed by atoms with Crippen LogP contribution in [0.1, 0.15) is 12.5 Å². The fraction of sp³-hybridized carbons (Fsp3) is 0.138. The van der Waals surface area contributed by atoms with Crippen molar-refractivity contribution in [1.29, 1.82) is 0 Å². The smallest absolute Gasteiger partial charge is 0.336 e. The number of rotatable bonds is 8. The van der Waals surface area contributed by atoms with Crippen molar-refractivity contribution in [3.8, 4) is 22.6 Å². The maximum absolute atomic E-state index is 12.8. The maximum Gasteiger partial charge on any atom is 0.336 e. The molecule has 0 radical (unpaired) electrons. The molecule has 0 saturated heterocycles. The van der Waals surface area contributed by atoms with Crippen LogP contribution in [0.15, 0.2) is 88.2 Å². The minimum absolute atomic E-state index is 0.0384. The van der Waals surface area contributed by atoms with E-state index < -0.39 is 29.6 Å². The summed E-state index contributed by atoms with van der Waals surface area (Å²) in [6, 6.07) is 19.1. The number of aromatic amines is 1. The number of fused-ring (bicyclic) bond motifs is 2. The third-order valence-electron chi connectivity index (χ3n) is 6.26. The van der Waals surface area contributed by atoms with Crippen molar-refractivity contribution in [2.24, 2.45) is 0 Å². The van der Waals surface area contributed by atoms with E-state index in [1.165, 1.54) is 31.2 Å². The second kappa shape index (κ2) is 10.1. The lowest BCUT2D eigenvalue weighted by molar-refractivity contribution is -0.308. The molecule has 0 aliphatic heterocycles. The summed E-state index contributed by atoms with van der Waals surface area (Å²) >= 11 is 0. The van der Waals surface area contributed by atoms with Gasteiger partial charge in [-0.15, -0.1) is 0 Å². The molecule has 38 heavy (non-hydrogen) atoms. The molecule has 192 valence electrons. The van der Waals surface area contributed by atoms with Gasteiger partial charge in [-0.3, -0.25) is 4.79 Å². The highest BCUT2D eigenvalue weighted by Crippen LogP contribution is 2.30. The van der Waals surface area contributed by atoms with Crippen molar-refractivity contribution >= 4 is 33.7 Å². The highest BCUT2D eigenvalue weighted by Gasteiger charge is 2.22. The molecule has 0 bridgehead atoms. The molecule has 2 atom stereocenters. The van der Waals surface area contributed by atoms with Gasteiger partial charge in [-0.2, -0.15) is 0 Å². The molecule has 5 rings (SSSR count). The molecule has 2 aromatic heterocycles. The molecule has 0 saturated carbocycles. The second-order valence-corrected chi connectivity index (χ2v) is 8.89. The number of carbonyl (C=O) groups excluding carboxylic acids is 2. The van der Waals surface area contributed by atoms with Gasteiger partial charge in [0.15, 0.2) is 6.10 Å². The first kappa shape index (κ1) is 24.6. The van der Waals surface area contributed by atoms with Gasteiger partial charge in [0, 0.05) is 41.0 Å². The van der Waals surface area contributed by atoms with Crippen LogP contribution in [-0.4, -0.2) is 34.1 Å². The van der Waals surface area contributed by atoms with E-state index in [0.717, 1.165) is 11.1 Å². The number of hydrogen-bond acceptors (Lipinski definition) is 7. The largest absolute Gasteiger partial charge is 0.548 e. The first-order valence-electron chi connectivity index (χ1n) is 11.9. The van der Waals surface area contributed by atoms with Gasteiger partial charge in [0.1, 0.15) is 17.1 Å². The number of carboxylic acids is 1. The van der Waals surface area contributed by atoms with Crippen LogP contribution in [0, 0.1) is 0 Å². The van der Waals surface area contributed by atoms with Crippen LogP contribution in [0.4, 0.5) is 0 Å². The molecule has 1 amide bonds. The van der Waals surface area contributed by atoms with Crippen LogP contribution in [0.2, 0.25) is 0 Å². The second-order valence-electron chi connectivity index (χ2n) is 8.89. The van der Waals surface area contributed by atoms with Gasteiger partial charge in [-0.25, -0.2) is 4.79 Å². The predicted molar refractivity (Wildman–Crippen MR) is 139 cm³/mol. The molecule has 0 unspecified atom stereocenters. The van der Waals surface area contributed by atoms with E-state index in [9.17, 15) is 24.6 Å². The Morgan fingerprint density at radius 3 is 2.61 bits per heavy atom. The Labute approximate surface area is 216 Å². The van der Waals surface area contributed by atoms with E-state index in [0.29, 0.717) is 21.9 Å². The molecule has 5 aromatic rings. The zero-order valence-corrected chi connectivity index (χ0v) is 20.3.